The van der Waals surface area contributed by atoms with Crippen molar-refractivity contribution in [3.05, 3.63) is 24.3 Å². The van der Waals surface area contributed by atoms with Crippen LogP contribution in [0.5, 0.6) is 0 Å². The number of rotatable bonds is 16. The number of ether oxygens (including phenoxy) is 2. The van der Waals surface area contributed by atoms with Crippen LogP contribution >= 0.6 is 7.82 Å². The van der Waals surface area contributed by atoms with Crippen LogP contribution in [0.1, 0.15) is 52.4 Å². The Labute approximate surface area is 161 Å². The van der Waals surface area contributed by atoms with Crippen LogP contribution in [-0.4, -0.2) is 43.3 Å². The SMILES string of the molecule is C/C=C/C(=O)OCCCCCOP(=O)(O)OCCCCCOC(=O)/C=C/C. The lowest BCUT2D eigenvalue weighted by Crippen LogP contribution is -2.03. The van der Waals surface area contributed by atoms with E-state index in [1.54, 1.807) is 26.0 Å². The van der Waals surface area contributed by atoms with Crippen LogP contribution in [0.25, 0.3) is 0 Å². The molecule has 0 aromatic heterocycles. The number of carbonyl (C=O) groups is 2. The molecule has 0 heterocycles. The van der Waals surface area contributed by atoms with Crippen LogP contribution in [0.2, 0.25) is 0 Å². The van der Waals surface area contributed by atoms with Gasteiger partial charge in [0.05, 0.1) is 26.4 Å². The molecule has 1 N–H and O–H groups in total. The van der Waals surface area contributed by atoms with E-state index in [-0.39, 0.29) is 25.2 Å². The standard InChI is InChI=1S/C18H31O8P/c1-3-11-17(19)23-13-7-5-9-15-25-27(21,22)26-16-10-6-8-14-24-18(20)12-4-2/h3-4,11-12H,5-10,13-16H2,1-2H3,(H,21,22)/b11-3+,12-4+. The molecular weight excluding hydrogens is 375 g/mol. The predicted octanol–water partition coefficient (Wildman–Crippen LogP) is 3.70. The Kier molecular flexibility index (Phi) is 15.8. The van der Waals surface area contributed by atoms with Gasteiger partial charge in [0.15, 0.2) is 0 Å². The minimum absolute atomic E-state index is 0.0947. The zero-order valence-electron chi connectivity index (χ0n) is 16.1. The first-order valence-corrected chi connectivity index (χ1v) is 10.6. The third kappa shape index (κ3) is 17.7. The number of unbranched alkanes of at least 4 members (excludes halogenated alkanes) is 4. The lowest BCUT2D eigenvalue weighted by Gasteiger charge is -2.12. The maximum atomic E-state index is 11.7. The lowest BCUT2D eigenvalue weighted by atomic mass is 10.2. The van der Waals surface area contributed by atoms with Crippen LogP contribution in [0.15, 0.2) is 24.3 Å². The molecule has 0 aliphatic rings. The van der Waals surface area contributed by atoms with Gasteiger partial charge in [-0.3, -0.25) is 9.05 Å². The van der Waals surface area contributed by atoms with E-state index in [0.717, 1.165) is 0 Å². The summed E-state index contributed by atoms with van der Waals surface area (Å²) in [7, 11) is -4.04. The van der Waals surface area contributed by atoms with E-state index in [1.807, 2.05) is 0 Å². The Hall–Kier alpha value is -1.47. The summed E-state index contributed by atoms with van der Waals surface area (Å²) in [6, 6.07) is 0. The minimum Gasteiger partial charge on any atom is -0.463 e. The number of allylic oxidation sites excluding steroid dienone is 2. The first kappa shape index (κ1) is 25.5. The summed E-state index contributed by atoms with van der Waals surface area (Å²) in [4.78, 5) is 31.7. The van der Waals surface area contributed by atoms with E-state index in [1.165, 1.54) is 12.2 Å². The first-order valence-electron chi connectivity index (χ1n) is 9.12. The molecule has 0 saturated carbocycles. The molecular formula is C18H31O8P. The molecule has 0 aromatic rings. The van der Waals surface area contributed by atoms with Crippen molar-refractivity contribution < 1.29 is 37.6 Å². The van der Waals surface area contributed by atoms with Gasteiger partial charge in [0, 0.05) is 12.2 Å². The van der Waals surface area contributed by atoms with Gasteiger partial charge in [0.1, 0.15) is 0 Å². The molecule has 0 radical (unpaired) electrons. The fraction of sp³-hybridized carbons (Fsp3) is 0.667. The minimum atomic E-state index is -4.04. The van der Waals surface area contributed by atoms with E-state index in [2.05, 4.69) is 0 Å². The summed E-state index contributed by atoms with van der Waals surface area (Å²) in [6.07, 6.45) is 9.74. The topological polar surface area (TPSA) is 108 Å². The fourth-order valence-corrected chi connectivity index (χ4v) is 2.67. The number of phosphoric ester groups is 1. The molecule has 27 heavy (non-hydrogen) atoms. The normalized spacial score (nSPS) is 12.0. The molecule has 0 fully saturated rings. The second-order valence-electron chi connectivity index (χ2n) is 5.59. The maximum absolute atomic E-state index is 11.7. The average Bonchev–Trinajstić information content (AvgIpc) is 2.60. The average molecular weight is 406 g/mol. The number of carbonyl (C=O) groups excluding carboxylic acids is 2. The smallest absolute Gasteiger partial charge is 0.463 e. The van der Waals surface area contributed by atoms with Gasteiger partial charge in [-0.25, -0.2) is 14.2 Å². The fourth-order valence-electron chi connectivity index (χ4n) is 1.87. The van der Waals surface area contributed by atoms with Crippen molar-refractivity contribution in [3.63, 3.8) is 0 Å². The quantitative estimate of drug-likeness (QED) is 0.179. The molecule has 0 amide bonds. The number of hydrogen-bond donors (Lipinski definition) is 1. The predicted molar refractivity (Wildman–Crippen MR) is 101 cm³/mol. The molecule has 0 bridgehead atoms. The Morgan fingerprint density at radius 1 is 0.741 bits per heavy atom. The van der Waals surface area contributed by atoms with Crippen molar-refractivity contribution >= 4 is 19.8 Å². The van der Waals surface area contributed by atoms with Gasteiger partial charge < -0.3 is 14.4 Å². The number of hydrogen-bond acceptors (Lipinski definition) is 7. The molecule has 9 heteroatoms. The summed E-state index contributed by atoms with van der Waals surface area (Å²) < 4.78 is 31.3. The molecule has 0 saturated heterocycles. The van der Waals surface area contributed by atoms with E-state index in [4.69, 9.17) is 18.5 Å². The van der Waals surface area contributed by atoms with Crippen molar-refractivity contribution in [2.75, 3.05) is 26.4 Å². The number of phosphoric acid groups is 1. The van der Waals surface area contributed by atoms with Gasteiger partial charge in [-0.2, -0.15) is 0 Å². The third-order valence-corrected chi connectivity index (χ3v) is 4.20. The van der Waals surface area contributed by atoms with Crippen molar-refractivity contribution in [2.24, 2.45) is 0 Å². The molecule has 0 spiro atoms. The summed E-state index contributed by atoms with van der Waals surface area (Å²) >= 11 is 0. The molecule has 0 aliphatic carbocycles. The zero-order valence-corrected chi connectivity index (χ0v) is 17.0. The van der Waals surface area contributed by atoms with Crippen LogP contribution in [0.3, 0.4) is 0 Å². The highest BCUT2D eigenvalue weighted by Gasteiger charge is 2.19. The van der Waals surface area contributed by atoms with Gasteiger partial charge in [-0.15, -0.1) is 0 Å². The molecule has 0 aromatic carbocycles. The van der Waals surface area contributed by atoms with Crippen LogP contribution in [0.4, 0.5) is 0 Å². The second kappa shape index (κ2) is 16.7. The monoisotopic (exact) mass is 406 g/mol. The summed E-state index contributed by atoms with van der Waals surface area (Å²) in [5, 5.41) is 0. The third-order valence-electron chi connectivity index (χ3n) is 3.18. The zero-order chi connectivity index (χ0) is 20.4. The molecule has 8 nitrogen and oxygen atoms in total. The van der Waals surface area contributed by atoms with Crippen LogP contribution in [0, 0.1) is 0 Å². The second-order valence-corrected chi connectivity index (χ2v) is 7.04. The van der Waals surface area contributed by atoms with Gasteiger partial charge >= 0.3 is 19.8 Å². The Morgan fingerprint density at radius 2 is 1.11 bits per heavy atom. The summed E-state index contributed by atoms with van der Waals surface area (Å²) in [6.45, 7) is 4.27. The Bertz CT molecular complexity index is 473. The van der Waals surface area contributed by atoms with Crippen molar-refractivity contribution in [3.8, 4) is 0 Å². The van der Waals surface area contributed by atoms with Gasteiger partial charge in [-0.05, 0) is 52.4 Å². The molecule has 0 rings (SSSR count). The maximum Gasteiger partial charge on any atom is 0.472 e. The van der Waals surface area contributed by atoms with E-state index < -0.39 is 7.82 Å². The van der Waals surface area contributed by atoms with E-state index in [9.17, 15) is 19.0 Å². The highest BCUT2D eigenvalue weighted by atomic mass is 31.2. The molecule has 0 atom stereocenters. The van der Waals surface area contributed by atoms with Gasteiger partial charge in [0.25, 0.3) is 0 Å². The Morgan fingerprint density at radius 3 is 1.48 bits per heavy atom. The van der Waals surface area contributed by atoms with Gasteiger partial charge in [0.2, 0.25) is 0 Å². The highest BCUT2D eigenvalue weighted by Crippen LogP contribution is 2.43. The Balaban J connectivity index is 3.54. The van der Waals surface area contributed by atoms with Crippen molar-refractivity contribution in [1.82, 2.24) is 0 Å². The van der Waals surface area contributed by atoms with Crippen molar-refractivity contribution in [2.45, 2.75) is 52.4 Å². The molecule has 0 aliphatic heterocycles. The van der Waals surface area contributed by atoms with Crippen LogP contribution < -0.4 is 0 Å². The van der Waals surface area contributed by atoms with Crippen LogP contribution in [-0.2, 0) is 32.7 Å². The molecule has 156 valence electrons. The molecule has 0 unspecified atom stereocenters. The van der Waals surface area contributed by atoms with Gasteiger partial charge in [-0.1, -0.05) is 12.2 Å². The number of esters is 2. The van der Waals surface area contributed by atoms with E-state index >= 15 is 0 Å². The lowest BCUT2D eigenvalue weighted by molar-refractivity contribution is -0.138. The first-order chi connectivity index (χ1) is 12.9. The van der Waals surface area contributed by atoms with E-state index in [0.29, 0.717) is 51.7 Å². The highest BCUT2D eigenvalue weighted by molar-refractivity contribution is 7.47. The van der Waals surface area contributed by atoms with Crippen molar-refractivity contribution in [1.29, 1.82) is 0 Å². The summed E-state index contributed by atoms with van der Waals surface area (Å²) in [5.41, 5.74) is 0. The summed E-state index contributed by atoms with van der Waals surface area (Å²) in [5.74, 6) is -0.754. The largest absolute Gasteiger partial charge is 0.472 e.